The SMILES string of the molecule is C=CCCCc1ccc(C(F)(F)F)cc1. The van der Waals surface area contributed by atoms with Gasteiger partial charge in [0.1, 0.15) is 0 Å². The number of unbranched alkanes of at least 4 members (excludes halogenated alkanes) is 1. The highest BCUT2D eigenvalue weighted by Gasteiger charge is 2.29. The number of alkyl halides is 3. The molecule has 0 nitrogen and oxygen atoms in total. The van der Waals surface area contributed by atoms with E-state index in [0.29, 0.717) is 0 Å². The maximum atomic E-state index is 12.2. The zero-order chi connectivity index (χ0) is 11.3. The smallest absolute Gasteiger partial charge is 0.166 e. The maximum Gasteiger partial charge on any atom is 0.416 e. The molecular formula is C12H13F3. The maximum absolute atomic E-state index is 12.2. The van der Waals surface area contributed by atoms with Crippen LogP contribution in [0.1, 0.15) is 24.0 Å². The Hall–Kier alpha value is -1.25. The molecule has 0 aliphatic heterocycles. The van der Waals surface area contributed by atoms with Gasteiger partial charge in [-0.15, -0.1) is 6.58 Å². The fraction of sp³-hybridized carbons (Fsp3) is 0.333. The number of benzene rings is 1. The molecule has 3 heteroatoms. The Labute approximate surface area is 87.4 Å². The minimum absolute atomic E-state index is 0.588. The van der Waals surface area contributed by atoms with E-state index in [-0.39, 0.29) is 0 Å². The van der Waals surface area contributed by atoms with Crippen LogP contribution in [0.2, 0.25) is 0 Å². The van der Waals surface area contributed by atoms with E-state index in [2.05, 4.69) is 6.58 Å². The topological polar surface area (TPSA) is 0 Å². The van der Waals surface area contributed by atoms with Crippen molar-refractivity contribution in [3.63, 3.8) is 0 Å². The molecule has 0 unspecified atom stereocenters. The summed E-state index contributed by atoms with van der Waals surface area (Å²) in [5, 5.41) is 0. The van der Waals surface area contributed by atoms with Crippen LogP contribution in [0.4, 0.5) is 13.2 Å². The summed E-state index contributed by atoms with van der Waals surface area (Å²) >= 11 is 0. The molecular weight excluding hydrogens is 201 g/mol. The Balaban J connectivity index is 2.60. The summed E-state index contributed by atoms with van der Waals surface area (Å²) in [6, 6.07) is 5.32. The average Bonchev–Trinajstić information content (AvgIpc) is 2.18. The van der Waals surface area contributed by atoms with Crippen molar-refractivity contribution in [3.8, 4) is 0 Å². The largest absolute Gasteiger partial charge is 0.416 e. The molecule has 0 aromatic heterocycles. The lowest BCUT2D eigenvalue weighted by Crippen LogP contribution is -2.04. The van der Waals surface area contributed by atoms with Crippen molar-refractivity contribution >= 4 is 0 Å². The predicted molar refractivity (Wildman–Crippen MR) is 54.6 cm³/mol. The molecule has 0 fully saturated rings. The molecule has 0 N–H and O–H groups in total. The van der Waals surface area contributed by atoms with Crippen LogP contribution in [-0.4, -0.2) is 0 Å². The normalized spacial score (nSPS) is 11.4. The fourth-order valence-electron chi connectivity index (χ4n) is 1.31. The second-order valence-corrected chi connectivity index (χ2v) is 3.38. The van der Waals surface area contributed by atoms with Gasteiger partial charge in [-0.05, 0) is 37.0 Å². The first-order valence-electron chi connectivity index (χ1n) is 4.81. The lowest BCUT2D eigenvalue weighted by Gasteiger charge is -2.07. The first kappa shape index (κ1) is 11.8. The third-order valence-corrected chi connectivity index (χ3v) is 2.15. The zero-order valence-corrected chi connectivity index (χ0v) is 8.35. The number of hydrogen-bond acceptors (Lipinski definition) is 0. The summed E-state index contributed by atoms with van der Waals surface area (Å²) in [7, 11) is 0. The summed E-state index contributed by atoms with van der Waals surface area (Å²) in [5.74, 6) is 0. The van der Waals surface area contributed by atoms with Gasteiger partial charge in [0, 0.05) is 0 Å². The molecule has 0 aliphatic rings. The van der Waals surface area contributed by atoms with E-state index < -0.39 is 11.7 Å². The summed E-state index contributed by atoms with van der Waals surface area (Å²) in [4.78, 5) is 0. The third-order valence-electron chi connectivity index (χ3n) is 2.15. The van der Waals surface area contributed by atoms with E-state index in [1.54, 1.807) is 0 Å². The molecule has 0 aliphatic carbocycles. The first-order chi connectivity index (χ1) is 7.04. The molecule has 0 bridgehead atoms. The van der Waals surface area contributed by atoms with E-state index in [1.165, 1.54) is 12.1 Å². The Morgan fingerprint density at radius 3 is 2.20 bits per heavy atom. The van der Waals surface area contributed by atoms with Gasteiger partial charge in [0.15, 0.2) is 0 Å². The van der Waals surface area contributed by atoms with Gasteiger partial charge >= 0.3 is 6.18 Å². The molecule has 0 atom stereocenters. The predicted octanol–water partition coefficient (Wildman–Crippen LogP) is 4.21. The van der Waals surface area contributed by atoms with Gasteiger partial charge in [-0.2, -0.15) is 13.2 Å². The van der Waals surface area contributed by atoms with Gasteiger partial charge in [0.25, 0.3) is 0 Å². The number of aryl methyl sites for hydroxylation is 1. The highest BCUT2D eigenvalue weighted by molar-refractivity contribution is 5.24. The van der Waals surface area contributed by atoms with Gasteiger partial charge in [0.05, 0.1) is 5.56 Å². The number of allylic oxidation sites excluding steroid dienone is 1. The average molecular weight is 214 g/mol. The van der Waals surface area contributed by atoms with E-state index in [1.807, 2.05) is 6.08 Å². The van der Waals surface area contributed by atoms with Crippen LogP contribution in [0, 0.1) is 0 Å². The molecule has 82 valence electrons. The van der Waals surface area contributed by atoms with Crippen molar-refractivity contribution in [3.05, 3.63) is 48.0 Å². The van der Waals surface area contributed by atoms with E-state index in [9.17, 15) is 13.2 Å². The molecule has 15 heavy (non-hydrogen) atoms. The van der Waals surface area contributed by atoms with Gasteiger partial charge in [-0.25, -0.2) is 0 Å². The van der Waals surface area contributed by atoms with Gasteiger partial charge in [-0.3, -0.25) is 0 Å². The van der Waals surface area contributed by atoms with E-state index >= 15 is 0 Å². The summed E-state index contributed by atoms with van der Waals surface area (Å²) in [6.07, 6.45) is 0.184. The number of hydrogen-bond donors (Lipinski definition) is 0. The molecule has 0 radical (unpaired) electrons. The molecule has 0 saturated carbocycles. The second kappa shape index (κ2) is 5.01. The van der Waals surface area contributed by atoms with Crippen LogP contribution in [0.5, 0.6) is 0 Å². The van der Waals surface area contributed by atoms with Crippen LogP contribution in [0.3, 0.4) is 0 Å². The lowest BCUT2D eigenvalue weighted by molar-refractivity contribution is -0.137. The fourth-order valence-corrected chi connectivity index (χ4v) is 1.31. The van der Waals surface area contributed by atoms with Crippen LogP contribution < -0.4 is 0 Å². The quantitative estimate of drug-likeness (QED) is 0.520. The van der Waals surface area contributed by atoms with Crippen molar-refractivity contribution in [1.82, 2.24) is 0 Å². The van der Waals surface area contributed by atoms with Gasteiger partial charge in [-0.1, -0.05) is 18.2 Å². The van der Waals surface area contributed by atoms with E-state index in [4.69, 9.17) is 0 Å². The Kier molecular flexibility index (Phi) is 3.95. The highest BCUT2D eigenvalue weighted by Crippen LogP contribution is 2.29. The van der Waals surface area contributed by atoms with Crippen LogP contribution in [0.15, 0.2) is 36.9 Å². The minimum atomic E-state index is -4.24. The molecule has 1 aromatic carbocycles. The number of halogens is 3. The molecule has 0 amide bonds. The van der Waals surface area contributed by atoms with Gasteiger partial charge < -0.3 is 0 Å². The van der Waals surface area contributed by atoms with Crippen molar-refractivity contribution in [1.29, 1.82) is 0 Å². The number of rotatable bonds is 4. The van der Waals surface area contributed by atoms with Crippen molar-refractivity contribution in [2.45, 2.75) is 25.4 Å². The monoisotopic (exact) mass is 214 g/mol. The van der Waals surface area contributed by atoms with Gasteiger partial charge in [0.2, 0.25) is 0 Å². The van der Waals surface area contributed by atoms with Crippen molar-refractivity contribution < 1.29 is 13.2 Å². The van der Waals surface area contributed by atoms with Crippen molar-refractivity contribution in [2.75, 3.05) is 0 Å². The Bertz CT molecular complexity index is 309. The Morgan fingerprint density at radius 1 is 1.13 bits per heavy atom. The first-order valence-corrected chi connectivity index (χ1v) is 4.81. The van der Waals surface area contributed by atoms with Crippen LogP contribution in [-0.2, 0) is 12.6 Å². The minimum Gasteiger partial charge on any atom is -0.166 e. The molecule has 1 rings (SSSR count). The Morgan fingerprint density at radius 2 is 1.73 bits per heavy atom. The molecule has 0 heterocycles. The summed E-state index contributed by atoms with van der Waals surface area (Å²) in [6.45, 7) is 3.59. The summed E-state index contributed by atoms with van der Waals surface area (Å²) < 4.78 is 36.6. The van der Waals surface area contributed by atoms with Crippen molar-refractivity contribution in [2.24, 2.45) is 0 Å². The van der Waals surface area contributed by atoms with Crippen LogP contribution in [0.25, 0.3) is 0 Å². The van der Waals surface area contributed by atoms with Crippen LogP contribution >= 0.6 is 0 Å². The molecule has 0 spiro atoms. The zero-order valence-electron chi connectivity index (χ0n) is 8.35. The van der Waals surface area contributed by atoms with E-state index in [0.717, 1.165) is 37.0 Å². The standard InChI is InChI=1S/C12H13F3/c1-2-3-4-5-10-6-8-11(9-7-10)12(13,14)15/h2,6-9H,1,3-5H2. The highest BCUT2D eigenvalue weighted by atomic mass is 19.4. The molecule has 1 aromatic rings. The second-order valence-electron chi connectivity index (χ2n) is 3.38. The third kappa shape index (κ3) is 3.78. The molecule has 0 saturated heterocycles. The lowest BCUT2D eigenvalue weighted by atomic mass is 10.1. The summed E-state index contributed by atoms with van der Waals surface area (Å²) in [5.41, 5.74) is 0.347.